The second-order valence-electron chi connectivity index (χ2n) is 8.90. The third-order valence-corrected chi connectivity index (χ3v) is 8.86. The average Bonchev–Trinajstić information content (AvgIpc) is 3.22. The van der Waals surface area contributed by atoms with Crippen LogP contribution in [0.2, 0.25) is 10.0 Å². The molecule has 1 aliphatic heterocycles. The first kappa shape index (κ1) is 27.6. The number of hydrogen-bond donors (Lipinski definition) is 2. The van der Waals surface area contributed by atoms with Gasteiger partial charge in [-0.3, -0.25) is 14.3 Å². The highest BCUT2D eigenvalue weighted by atomic mass is 35.5. The molecule has 0 bridgehead atoms. The van der Waals surface area contributed by atoms with Gasteiger partial charge in [-0.1, -0.05) is 30.1 Å². The molecule has 0 aliphatic carbocycles. The molecule has 0 saturated carbocycles. The van der Waals surface area contributed by atoms with Crippen molar-refractivity contribution in [1.29, 1.82) is 0 Å². The zero-order valence-electron chi connectivity index (χ0n) is 19.5. The Bertz CT molecular complexity index is 1600. The number of hydrogen-bond acceptors (Lipinski definition) is 6. The monoisotopic (exact) mass is 578 g/mol. The minimum Gasteiger partial charge on any atom is -0.326 e. The van der Waals surface area contributed by atoms with Crippen molar-refractivity contribution in [2.75, 3.05) is 18.8 Å². The number of H-pyrrole nitrogens is 1. The average molecular weight is 579 g/mol. The minimum atomic E-state index is -4.84. The normalized spacial score (nSPS) is 17.1. The van der Waals surface area contributed by atoms with Gasteiger partial charge >= 0.3 is 11.9 Å². The van der Waals surface area contributed by atoms with E-state index >= 15 is 0 Å². The maximum Gasteiger partial charge on any atom is 0.416 e. The summed E-state index contributed by atoms with van der Waals surface area (Å²) < 4.78 is 67.9. The number of nitrogens with two attached hydrogens (primary N) is 1. The Morgan fingerprint density at radius 2 is 1.86 bits per heavy atom. The standard InChI is InChI=1S/C23H23Cl2F3N4O4S/c1-2-37(35,36)18-4-3-13(24)7-12(18)9-32-21(33)15-8-17(23(26,27)28)16(11-31-6-5-14(29)10-31)19(25)20(15)30-22(32)34/h3-4,7-8,14H,2,5-6,9-11,29H2,1H3,(H,30,34). The molecule has 2 heterocycles. The number of rotatable bonds is 6. The van der Waals surface area contributed by atoms with Gasteiger partial charge in [-0.25, -0.2) is 13.2 Å². The maximum atomic E-state index is 14.1. The number of halogens is 5. The summed E-state index contributed by atoms with van der Waals surface area (Å²) in [7, 11) is -3.76. The van der Waals surface area contributed by atoms with Gasteiger partial charge in [0.15, 0.2) is 9.84 Å². The molecule has 2 aromatic carbocycles. The Kier molecular flexibility index (Phi) is 7.52. The lowest BCUT2D eigenvalue weighted by atomic mass is 10.0. The molecular formula is C23H23Cl2F3N4O4S. The van der Waals surface area contributed by atoms with Gasteiger partial charge in [-0.05, 0) is 41.8 Å². The molecule has 1 unspecified atom stereocenters. The summed E-state index contributed by atoms with van der Waals surface area (Å²) in [5.41, 5.74) is 2.30. The SMILES string of the molecule is CCS(=O)(=O)c1ccc(Cl)cc1Cn1c(=O)[nH]c2c(Cl)c(CN3CCC(N)C3)c(C(F)(F)F)cc2c1=O. The van der Waals surface area contributed by atoms with Crippen LogP contribution >= 0.6 is 23.2 Å². The number of sulfone groups is 1. The van der Waals surface area contributed by atoms with Crippen LogP contribution in [0.15, 0.2) is 38.8 Å². The lowest BCUT2D eigenvalue weighted by Crippen LogP contribution is -2.36. The third kappa shape index (κ3) is 5.44. The molecule has 0 radical (unpaired) electrons. The van der Waals surface area contributed by atoms with Crippen molar-refractivity contribution in [2.45, 2.75) is 43.5 Å². The van der Waals surface area contributed by atoms with Gasteiger partial charge in [0.05, 0.1) is 38.7 Å². The number of nitrogens with one attached hydrogen (secondary N) is 1. The van der Waals surface area contributed by atoms with Crippen LogP contribution in [0.25, 0.3) is 10.9 Å². The van der Waals surface area contributed by atoms with Crippen molar-refractivity contribution in [3.05, 3.63) is 71.8 Å². The predicted molar refractivity (Wildman–Crippen MR) is 135 cm³/mol. The molecule has 1 atom stereocenters. The molecule has 1 aliphatic rings. The second-order valence-corrected chi connectivity index (χ2v) is 12.0. The molecule has 8 nitrogen and oxygen atoms in total. The fourth-order valence-electron chi connectivity index (χ4n) is 4.48. The Labute approximate surface area is 219 Å². The quantitative estimate of drug-likeness (QED) is 0.463. The van der Waals surface area contributed by atoms with Gasteiger partial charge in [0.25, 0.3) is 5.56 Å². The third-order valence-electron chi connectivity index (χ3n) is 6.38. The van der Waals surface area contributed by atoms with Crippen molar-refractivity contribution >= 4 is 43.9 Å². The Balaban J connectivity index is 1.91. The molecule has 1 saturated heterocycles. The summed E-state index contributed by atoms with van der Waals surface area (Å²) in [6, 6.07) is 4.39. The van der Waals surface area contributed by atoms with E-state index in [-0.39, 0.29) is 49.9 Å². The first-order valence-corrected chi connectivity index (χ1v) is 13.7. The van der Waals surface area contributed by atoms with Crippen LogP contribution < -0.4 is 17.0 Å². The van der Waals surface area contributed by atoms with Gasteiger partial charge in [0.2, 0.25) is 0 Å². The number of nitrogens with zero attached hydrogens (tertiary/aromatic N) is 2. The topological polar surface area (TPSA) is 118 Å². The van der Waals surface area contributed by atoms with E-state index in [0.29, 0.717) is 30.1 Å². The molecule has 0 amide bonds. The maximum absolute atomic E-state index is 14.1. The van der Waals surface area contributed by atoms with E-state index in [1.807, 2.05) is 0 Å². The van der Waals surface area contributed by atoms with Crippen LogP contribution in [0.5, 0.6) is 0 Å². The molecular weight excluding hydrogens is 556 g/mol. The first-order valence-electron chi connectivity index (χ1n) is 11.3. The zero-order valence-corrected chi connectivity index (χ0v) is 21.9. The largest absolute Gasteiger partial charge is 0.416 e. The number of aromatic amines is 1. The van der Waals surface area contributed by atoms with E-state index in [0.717, 1.165) is 0 Å². The molecule has 0 spiro atoms. The molecule has 37 heavy (non-hydrogen) atoms. The van der Waals surface area contributed by atoms with E-state index in [9.17, 15) is 31.2 Å². The summed E-state index contributed by atoms with van der Waals surface area (Å²) in [6.45, 7) is 1.59. The van der Waals surface area contributed by atoms with Crippen LogP contribution in [-0.2, 0) is 29.1 Å². The number of aromatic nitrogens is 2. The highest BCUT2D eigenvalue weighted by Gasteiger charge is 2.37. The van der Waals surface area contributed by atoms with Crippen molar-refractivity contribution in [3.8, 4) is 0 Å². The number of benzene rings is 2. The lowest BCUT2D eigenvalue weighted by Gasteiger charge is -2.21. The fraction of sp³-hybridized carbons (Fsp3) is 0.391. The molecule has 200 valence electrons. The Morgan fingerprint density at radius 3 is 2.46 bits per heavy atom. The van der Waals surface area contributed by atoms with Crippen molar-refractivity contribution < 1.29 is 21.6 Å². The van der Waals surface area contributed by atoms with E-state index in [2.05, 4.69) is 4.98 Å². The fourth-order valence-corrected chi connectivity index (χ4v) is 6.09. The summed E-state index contributed by atoms with van der Waals surface area (Å²) in [4.78, 5) is 30.2. The minimum absolute atomic E-state index is 0.0467. The molecule has 4 rings (SSSR count). The van der Waals surface area contributed by atoms with E-state index in [4.69, 9.17) is 28.9 Å². The molecule has 3 aromatic rings. The molecule has 3 N–H and O–H groups in total. The van der Waals surface area contributed by atoms with E-state index < -0.39 is 44.8 Å². The van der Waals surface area contributed by atoms with E-state index in [1.165, 1.54) is 25.1 Å². The highest BCUT2D eigenvalue weighted by Crippen LogP contribution is 2.39. The number of fused-ring (bicyclic) bond motifs is 1. The van der Waals surface area contributed by atoms with Gasteiger partial charge in [-0.2, -0.15) is 13.2 Å². The summed E-state index contributed by atoms with van der Waals surface area (Å²) >= 11 is 12.4. The summed E-state index contributed by atoms with van der Waals surface area (Å²) in [6.07, 6.45) is -4.22. The van der Waals surface area contributed by atoms with Crippen LogP contribution in [0, 0.1) is 0 Å². The van der Waals surface area contributed by atoms with Crippen molar-refractivity contribution in [2.24, 2.45) is 5.73 Å². The first-order chi connectivity index (χ1) is 17.2. The second kappa shape index (κ2) is 10.1. The highest BCUT2D eigenvalue weighted by molar-refractivity contribution is 7.91. The van der Waals surface area contributed by atoms with E-state index in [1.54, 1.807) is 4.90 Å². The molecule has 14 heteroatoms. The smallest absolute Gasteiger partial charge is 0.326 e. The van der Waals surface area contributed by atoms with Crippen LogP contribution in [0.3, 0.4) is 0 Å². The van der Waals surface area contributed by atoms with Gasteiger partial charge in [-0.15, -0.1) is 0 Å². The zero-order chi connectivity index (χ0) is 27.3. The van der Waals surface area contributed by atoms with Crippen molar-refractivity contribution in [1.82, 2.24) is 14.5 Å². The van der Waals surface area contributed by atoms with Gasteiger partial charge in [0.1, 0.15) is 0 Å². The molecule has 1 aromatic heterocycles. The number of alkyl halides is 3. The van der Waals surface area contributed by atoms with Gasteiger partial charge in [0, 0.05) is 30.7 Å². The molecule has 1 fully saturated rings. The Morgan fingerprint density at radius 1 is 1.16 bits per heavy atom. The van der Waals surface area contributed by atoms with Gasteiger partial charge < -0.3 is 10.7 Å². The predicted octanol–water partition coefficient (Wildman–Crippen LogP) is 3.39. The van der Waals surface area contributed by atoms with Crippen LogP contribution in [-0.4, -0.2) is 47.8 Å². The Hall–Kier alpha value is -2.38. The summed E-state index contributed by atoms with van der Waals surface area (Å²) in [5, 5.41) is -0.687. The number of likely N-dealkylation sites (tertiary alicyclic amines) is 1. The van der Waals surface area contributed by atoms with Crippen molar-refractivity contribution in [3.63, 3.8) is 0 Å². The summed E-state index contributed by atoms with van der Waals surface area (Å²) in [5.74, 6) is -0.250. The van der Waals surface area contributed by atoms with Crippen LogP contribution in [0.4, 0.5) is 13.2 Å². The lowest BCUT2D eigenvalue weighted by molar-refractivity contribution is -0.138. The van der Waals surface area contributed by atoms with Crippen LogP contribution in [0.1, 0.15) is 30.0 Å².